The van der Waals surface area contributed by atoms with Crippen LogP contribution in [0.3, 0.4) is 0 Å². The van der Waals surface area contributed by atoms with Crippen molar-refractivity contribution in [3.05, 3.63) is 0 Å². The first-order valence-electron chi connectivity index (χ1n) is 8.92. The average Bonchev–Trinajstić information content (AvgIpc) is 2.45. The van der Waals surface area contributed by atoms with E-state index in [1.54, 1.807) is 0 Å². The van der Waals surface area contributed by atoms with Gasteiger partial charge in [0.25, 0.3) is 0 Å². The lowest BCUT2D eigenvalue weighted by Gasteiger charge is -2.41. The van der Waals surface area contributed by atoms with Gasteiger partial charge in [-0.2, -0.15) is 0 Å². The fraction of sp³-hybridized carbons (Fsp3) is 1.00. The van der Waals surface area contributed by atoms with Gasteiger partial charge in [0.15, 0.2) is 0 Å². The monoisotopic (exact) mass is 282 g/mol. The molecule has 0 bridgehead atoms. The van der Waals surface area contributed by atoms with Crippen molar-refractivity contribution in [2.75, 3.05) is 6.54 Å². The number of nitrogens with two attached hydrogens (primary N) is 1. The third kappa shape index (κ3) is 5.04. The van der Waals surface area contributed by atoms with Gasteiger partial charge in [-0.1, -0.05) is 60.3 Å². The van der Waals surface area contributed by atoms with Crippen molar-refractivity contribution in [1.82, 2.24) is 5.43 Å². The summed E-state index contributed by atoms with van der Waals surface area (Å²) in [5.41, 5.74) is 2.76. The zero-order chi connectivity index (χ0) is 15.1. The Morgan fingerprint density at radius 1 is 0.800 bits per heavy atom. The fourth-order valence-corrected chi connectivity index (χ4v) is 4.17. The molecule has 0 aromatic carbocycles. The molecule has 0 radical (unpaired) electrons. The van der Waals surface area contributed by atoms with E-state index in [0.29, 0.717) is 0 Å². The van der Waals surface area contributed by atoms with Crippen LogP contribution in [0.2, 0.25) is 0 Å². The molecule has 1 aliphatic carbocycles. The molecule has 2 heteroatoms. The van der Waals surface area contributed by atoms with Crippen LogP contribution in [-0.4, -0.2) is 6.54 Å². The standard InChI is InChI=1S/C18H38N2/c1-13-10-11-14(2)16(4)18(17(5)15(13)3)9-7-6-8-12-20-19/h13-18,20H,6-12,19H2,1-5H3/t13?,14-,15?,16?,17?,18?/m1/s1. The number of hydrogen-bond acceptors (Lipinski definition) is 2. The van der Waals surface area contributed by atoms with Crippen LogP contribution >= 0.6 is 0 Å². The second-order valence-electron chi connectivity index (χ2n) is 7.58. The number of hydrazine groups is 1. The van der Waals surface area contributed by atoms with Gasteiger partial charge in [0, 0.05) is 6.54 Å². The summed E-state index contributed by atoms with van der Waals surface area (Å²) in [6.07, 6.45) is 8.16. The Hall–Kier alpha value is -0.0800. The zero-order valence-corrected chi connectivity index (χ0v) is 14.5. The normalized spacial score (nSPS) is 39.3. The van der Waals surface area contributed by atoms with E-state index in [4.69, 9.17) is 5.84 Å². The van der Waals surface area contributed by atoms with Crippen molar-refractivity contribution in [3.8, 4) is 0 Å². The van der Waals surface area contributed by atoms with E-state index in [1.807, 2.05) is 0 Å². The van der Waals surface area contributed by atoms with Crippen LogP contribution in [0.1, 0.15) is 73.1 Å². The predicted octanol–water partition coefficient (Wildman–Crippen LogP) is 4.60. The molecule has 1 rings (SSSR count). The van der Waals surface area contributed by atoms with Crippen molar-refractivity contribution in [2.45, 2.75) is 73.1 Å². The SMILES string of the molecule is CC1CC[C@@H](C)C(C)C(CCCCCNN)C(C)C1C. The van der Waals surface area contributed by atoms with E-state index in [-0.39, 0.29) is 0 Å². The van der Waals surface area contributed by atoms with Gasteiger partial charge in [-0.15, -0.1) is 0 Å². The minimum absolute atomic E-state index is 0.871. The van der Waals surface area contributed by atoms with Gasteiger partial charge in [0.05, 0.1) is 0 Å². The quantitative estimate of drug-likeness (QED) is 0.424. The third-order valence-electron chi connectivity index (χ3n) is 6.41. The maximum Gasteiger partial charge on any atom is 0.00974 e. The van der Waals surface area contributed by atoms with E-state index in [1.165, 1.54) is 38.5 Å². The van der Waals surface area contributed by atoms with Gasteiger partial charge in [-0.3, -0.25) is 11.3 Å². The molecule has 1 fully saturated rings. The summed E-state index contributed by atoms with van der Waals surface area (Å²) >= 11 is 0. The molecule has 0 aromatic rings. The molecule has 5 unspecified atom stereocenters. The number of nitrogens with one attached hydrogen (secondary N) is 1. The van der Waals surface area contributed by atoms with Crippen LogP contribution in [0.15, 0.2) is 0 Å². The van der Waals surface area contributed by atoms with E-state index in [9.17, 15) is 0 Å². The highest BCUT2D eigenvalue weighted by Gasteiger charge is 2.34. The van der Waals surface area contributed by atoms with Gasteiger partial charge in [-0.05, 0) is 48.3 Å². The highest BCUT2D eigenvalue weighted by Crippen LogP contribution is 2.42. The summed E-state index contributed by atoms with van der Waals surface area (Å²) in [5.74, 6) is 10.7. The molecule has 1 saturated carbocycles. The molecule has 6 atom stereocenters. The smallest absolute Gasteiger partial charge is 0.00974 e. The Balaban J connectivity index is 2.56. The molecule has 3 N–H and O–H groups in total. The van der Waals surface area contributed by atoms with Crippen molar-refractivity contribution >= 4 is 0 Å². The summed E-state index contributed by atoms with van der Waals surface area (Å²) in [6, 6.07) is 0. The second kappa shape index (κ2) is 9.04. The summed E-state index contributed by atoms with van der Waals surface area (Å²) in [4.78, 5) is 0. The van der Waals surface area contributed by atoms with Crippen molar-refractivity contribution in [1.29, 1.82) is 0 Å². The highest BCUT2D eigenvalue weighted by atomic mass is 15.2. The van der Waals surface area contributed by atoms with Crippen molar-refractivity contribution in [2.24, 2.45) is 41.4 Å². The molecular formula is C18H38N2. The van der Waals surface area contributed by atoms with Gasteiger partial charge in [0.2, 0.25) is 0 Å². The Labute approximate surface area is 127 Å². The molecule has 0 saturated heterocycles. The van der Waals surface area contributed by atoms with Crippen LogP contribution in [0.25, 0.3) is 0 Å². The lowest BCUT2D eigenvalue weighted by atomic mass is 9.64. The predicted molar refractivity (Wildman–Crippen MR) is 89.2 cm³/mol. The zero-order valence-electron chi connectivity index (χ0n) is 14.5. The number of unbranched alkanes of at least 4 members (excludes halogenated alkanes) is 2. The molecule has 20 heavy (non-hydrogen) atoms. The molecule has 0 amide bonds. The van der Waals surface area contributed by atoms with Crippen LogP contribution in [-0.2, 0) is 0 Å². The van der Waals surface area contributed by atoms with E-state index in [2.05, 4.69) is 40.0 Å². The van der Waals surface area contributed by atoms with E-state index in [0.717, 1.165) is 42.1 Å². The van der Waals surface area contributed by atoms with Gasteiger partial charge in [0.1, 0.15) is 0 Å². The number of rotatable bonds is 6. The summed E-state index contributed by atoms with van der Waals surface area (Å²) in [6.45, 7) is 13.4. The van der Waals surface area contributed by atoms with Crippen molar-refractivity contribution in [3.63, 3.8) is 0 Å². The first kappa shape index (κ1) is 18.0. The molecule has 1 aliphatic rings. The largest absolute Gasteiger partial charge is 0.271 e. The first-order chi connectivity index (χ1) is 9.49. The van der Waals surface area contributed by atoms with Gasteiger partial charge >= 0.3 is 0 Å². The second-order valence-corrected chi connectivity index (χ2v) is 7.58. The summed E-state index contributed by atoms with van der Waals surface area (Å²) < 4.78 is 0. The molecule has 0 heterocycles. The minimum Gasteiger partial charge on any atom is -0.271 e. The summed E-state index contributed by atoms with van der Waals surface area (Å²) in [7, 11) is 0. The van der Waals surface area contributed by atoms with Gasteiger partial charge < -0.3 is 0 Å². The highest BCUT2D eigenvalue weighted by molar-refractivity contribution is 4.83. The topological polar surface area (TPSA) is 38.0 Å². The average molecular weight is 283 g/mol. The van der Waals surface area contributed by atoms with E-state index >= 15 is 0 Å². The lowest BCUT2D eigenvalue weighted by Crippen LogP contribution is -2.34. The Morgan fingerprint density at radius 2 is 1.40 bits per heavy atom. The Bertz CT molecular complexity index is 254. The fourth-order valence-electron chi connectivity index (χ4n) is 4.17. The summed E-state index contributed by atoms with van der Waals surface area (Å²) in [5, 5.41) is 0. The Kier molecular flexibility index (Phi) is 8.13. The molecular weight excluding hydrogens is 244 g/mol. The molecule has 0 spiro atoms. The van der Waals surface area contributed by atoms with Crippen molar-refractivity contribution < 1.29 is 0 Å². The molecule has 2 nitrogen and oxygen atoms in total. The molecule has 0 aromatic heterocycles. The minimum atomic E-state index is 0.871. The lowest BCUT2D eigenvalue weighted by molar-refractivity contribution is 0.0808. The maximum absolute atomic E-state index is 5.34. The molecule has 120 valence electrons. The van der Waals surface area contributed by atoms with Gasteiger partial charge in [-0.25, -0.2) is 0 Å². The first-order valence-corrected chi connectivity index (χ1v) is 8.92. The van der Waals surface area contributed by atoms with E-state index < -0.39 is 0 Å². The Morgan fingerprint density at radius 3 is 2.00 bits per heavy atom. The third-order valence-corrected chi connectivity index (χ3v) is 6.41. The maximum atomic E-state index is 5.34. The van der Waals surface area contributed by atoms with Crippen LogP contribution in [0.4, 0.5) is 0 Å². The van der Waals surface area contributed by atoms with Crippen LogP contribution in [0, 0.1) is 35.5 Å². The van der Waals surface area contributed by atoms with Crippen LogP contribution < -0.4 is 11.3 Å². The number of hydrogen-bond donors (Lipinski definition) is 2. The molecule has 0 aliphatic heterocycles. The van der Waals surface area contributed by atoms with Crippen LogP contribution in [0.5, 0.6) is 0 Å².